The van der Waals surface area contributed by atoms with E-state index in [4.69, 9.17) is 5.11 Å². The van der Waals surface area contributed by atoms with Crippen LogP contribution in [0, 0.1) is 12.8 Å². The summed E-state index contributed by atoms with van der Waals surface area (Å²) in [6, 6.07) is 0. The summed E-state index contributed by atoms with van der Waals surface area (Å²) in [6.45, 7) is 7.02. The molecule has 1 unspecified atom stereocenters. The van der Waals surface area contributed by atoms with Crippen LogP contribution >= 0.6 is 0 Å². The van der Waals surface area contributed by atoms with Crippen molar-refractivity contribution in [3.8, 4) is 0 Å². The van der Waals surface area contributed by atoms with Gasteiger partial charge in [0.25, 0.3) is 0 Å². The van der Waals surface area contributed by atoms with Gasteiger partial charge in [0.05, 0.1) is 0 Å². The molecule has 51 valence electrons. The molecular weight excluding hydrogens is 116 g/mol. The van der Waals surface area contributed by atoms with Crippen LogP contribution in [0.15, 0.2) is 11.6 Å². The SMILES string of the molecule is [CH2]C(C)C=C(C)C(=O)O. The van der Waals surface area contributed by atoms with Crippen molar-refractivity contribution in [2.24, 2.45) is 5.92 Å². The summed E-state index contributed by atoms with van der Waals surface area (Å²) in [5.74, 6) is -0.799. The number of carboxylic acid groups (broad SMARTS) is 1. The van der Waals surface area contributed by atoms with E-state index in [1.807, 2.05) is 6.92 Å². The van der Waals surface area contributed by atoms with Crippen molar-refractivity contribution in [2.45, 2.75) is 13.8 Å². The highest BCUT2D eigenvalue weighted by molar-refractivity contribution is 5.85. The van der Waals surface area contributed by atoms with Gasteiger partial charge in [0.1, 0.15) is 0 Å². The fourth-order valence-corrected chi connectivity index (χ4v) is 0.498. The maximum atomic E-state index is 10.1. The second-order valence-electron chi connectivity index (χ2n) is 2.13. The molecule has 0 aromatic carbocycles. The van der Waals surface area contributed by atoms with Crippen LogP contribution in [-0.4, -0.2) is 11.1 Å². The van der Waals surface area contributed by atoms with E-state index in [2.05, 4.69) is 6.92 Å². The van der Waals surface area contributed by atoms with Crippen LogP contribution in [0.5, 0.6) is 0 Å². The standard InChI is InChI=1S/C7H11O2/c1-5(2)4-6(3)7(8)9/h4-5H,1H2,2-3H3,(H,8,9). The first-order valence-electron chi connectivity index (χ1n) is 2.79. The van der Waals surface area contributed by atoms with E-state index in [1.54, 1.807) is 13.0 Å². The van der Waals surface area contributed by atoms with Crippen LogP contribution < -0.4 is 0 Å². The van der Waals surface area contributed by atoms with Gasteiger partial charge in [0, 0.05) is 5.57 Å². The van der Waals surface area contributed by atoms with E-state index in [9.17, 15) is 4.79 Å². The fraction of sp³-hybridized carbons (Fsp3) is 0.429. The minimum atomic E-state index is -0.870. The molecule has 0 bridgehead atoms. The molecule has 0 spiro atoms. The maximum Gasteiger partial charge on any atom is 0.330 e. The zero-order valence-corrected chi connectivity index (χ0v) is 5.72. The van der Waals surface area contributed by atoms with Crippen LogP contribution in [0.1, 0.15) is 13.8 Å². The van der Waals surface area contributed by atoms with Crippen molar-refractivity contribution in [1.29, 1.82) is 0 Å². The molecule has 0 aromatic heterocycles. The molecule has 0 amide bonds. The van der Waals surface area contributed by atoms with Gasteiger partial charge in [0.2, 0.25) is 0 Å². The lowest BCUT2D eigenvalue weighted by Gasteiger charge is -1.95. The van der Waals surface area contributed by atoms with Crippen LogP contribution in [0.3, 0.4) is 0 Å². The zero-order chi connectivity index (χ0) is 7.44. The molecule has 1 atom stereocenters. The predicted octanol–water partition coefficient (Wildman–Crippen LogP) is 1.49. The van der Waals surface area contributed by atoms with E-state index in [-0.39, 0.29) is 5.92 Å². The Hall–Kier alpha value is -0.790. The molecule has 1 N–H and O–H groups in total. The van der Waals surface area contributed by atoms with Gasteiger partial charge in [-0.3, -0.25) is 0 Å². The molecular formula is C7H11O2. The molecule has 0 rings (SSSR count). The highest BCUT2D eigenvalue weighted by atomic mass is 16.4. The lowest BCUT2D eigenvalue weighted by Crippen LogP contribution is -1.97. The number of carbonyl (C=O) groups is 1. The van der Waals surface area contributed by atoms with Gasteiger partial charge in [-0.05, 0) is 19.8 Å². The van der Waals surface area contributed by atoms with Gasteiger partial charge in [-0.1, -0.05) is 13.0 Å². The Morgan fingerprint density at radius 2 is 2.22 bits per heavy atom. The van der Waals surface area contributed by atoms with Gasteiger partial charge in [-0.25, -0.2) is 4.79 Å². The van der Waals surface area contributed by atoms with Crippen LogP contribution in [0.2, 0.25) is 0 Å². The molecule has 0 saturated carbocycles. The first kappa shape index (κ1) is 8.21. The Balaban J connectivity index is 4.00. The van der Waals surface area contributed by atoms with Crippen molar-refractivity contribution in [3.05, 3.63) is 18.6 Å². The van der Waals surface area contributed by atoms with E-state index >= 15 is 0 Å². The highest BCUT2D eigenvalue weighted by Gasteiger charge is 1.98. The monoisotopic (exact) mass is 127 g/mol. The number of rotatable bonds is 2. The van der Waals surface area contributed by atoms with Crippen molar-refractivity contribution >= 4 is 5.97 Å². The second kappa shape index (κ2) is 3.28. The number of allylic oxidation sites excluding steroid dienone is 1. The third-order valence-electron chi connectivity index (χ3n) is 0.872. The Kier molecular flexibility index (Phi) is 2.99. The lowest BCUT2D eigenvalue weighted by molar-refractivity contribution is -0.132. The molecule has 0 aliphatic carbocycles. The van der Waals surface area contributed by atoms with E-state index in [1.165, 1.54) is 0 Å². The first-order chi connectivity index (χ1) is 4.04. The summed E-state index contributed by atoms with van der Waals surface area (Å²) in [6.07, 6.45) is 1.61. The molecule has 0 aliphatic rings. The molecule has 0 saturated heterocycles. The van der Waals surface area contributed by atoms with Gasteiger partial charge >= 0.3 is 5.97 Å². The molecule has 2 heteroatoms. The quantitative estimate of drug-likeness (QED) is 0.570. The molecule has 0 aromatic rings. The number of carboxylic acids is 1. The predicted molar refractivity (Wildman–Crippen MR) is 35.9 cm³/mol. The maximum absolute atomic E-state index is 10.1. The average molecular weight is 127 g/mol. The van der Waals surface area contributed by atoms with E-state index in [0.717, 1.165) is 0 Å². The summed E-state index contributed by atoms with van der Waals surface area (Å²) in [5.41, 5.74) is 0.359. The summed E-state index contributed by atoms with van der Waals surface area (Å²) in [7, 11) is 0. The van der Waals surface area contributed by atoms with Gasteiger partial charge in [-0.2, -0.15) is 0 Å². The molecule has 2 nitrogen and oxygen atoms in total. The van der Waals surface area contributed by atoms with Gasteiger partial charge in [0.15, 0.2) is 0 Å². The zero-order valence-electron chi connectivity index (χ0n) is 5.72. The van der Waals surface area contributed by atoms with Crippen LogP contribution in [0.4, 0.5) is 0 Å². The van der Waals surface area contributed by atoms with Crippen LogP contribution in [0.25, 0.3) is 0 Å². The van der Waals surface area contributed by atoms with Gasteiger partial charge in [-0.15, -0.1) is 0 Å². The molecule has 0 heterocycles. The number of hydrogen-bond acceptors (Lipinski definition) is 1. The number of hydrogen-bond donors (Lipinski definition) is 1. The summed E-state index contributed by atoms with van der Waals surface area (Å²) >= 11 is 0. The van der Waals surface area contributed by atoms with Crippen LogP contribution in [-0.2, 0) is 4.79 Å². The Morgan fingerprint density at radius 3 is 2.33 bits per heavy atom. The van der Waals surface area contributed by atoms with E-state index < -0.39 is 5.97 Å². The number of aliphatic carboxylic acids is 1. The molecule has 9 heavy (non-hydrogen) atoms. The summed E-state index contributed by atoms with van der Waals surface area (Å²) in [5, 5.41) is 8.33. The van der Waals surface area contributed by atoms with Crippen molar-refractivity contribution in [3.63, 3.8) is 0 Å². The Labute approximate surface area is 55.2 Å². The van der Waals surface area contributed by atoms with Gasteiger partial charge < -0.3 is 5.11 Å². The average Bonchev–Trinajstić information content (AvgIpc) is 1.63. The highest BCUT2D eigenvalue weighted by Crippen LogP contribution is 1.99. The summed E-state index contributed by atoms with van der Waals surface area (Å²) < 4.78 is 0. The first-order valence-corrected chi connectivity index (χ1v) is 2.79. The Morgan fingerprint density at radius 1 is 1.78 bits per heavy atom. The third-order valence-corrected chi connectivity index (χ3v) is 0.872. The smallest absolute Gasteiger partial charge is 0.330 e. The second-order valence-corrected chi connectivity index (χ2v) is 2.13. The van der Waals surface area contributed by atoms with Crippen molar-refractivity contribution in [2.75, 3.05) is 0 Å². The summed E-state index contributed by atoms with van der Waals surface area (Å²) in [4.78, 5) is 10.1. The van der Waals surface area contributed by atoms with Crippen molar-refractivity contribution in [1.82, 2.24) is 0 Å². The fourth-order valence-electron chi connectivity index (χ4n) is 0.498. The molecule has 0 fully saturated rings. The minimum Gasteiger partial charge on any atom is -0.478 e. The molecule has 1 radical (unpaired) electrons. The minimum absolute atomic E-state index is 0.0705. The van der Waals surface area contributed by atoms with Crippen molar-refractivity contribution < 1.29 is 9.90 Å². The topological polar surface area (TPSA) is 37.3 Å². The van der Waals surface area contributed by atoms with E-state index in [0.29, 0.717) is 5.57 Å². The Bertz CT molecular complexity index is 134. The largest absolute Gasteiger partial charge is 0.478 e. The normalized spacial score (nSPS) is 12.2. The lowest BCUT2D eigenvalue weighted by atomic mass is 10.1. The third kappa shape index (κ3) is 3.76. The molecule has 0 aliphatic heterocycles.